The summed E-state index contributed by atoms with van der Waals surface area (Å²) in [7, 11) is 0. The zero-order valence-corrected chi connectivity index (χ0v) is 11.0. The van der Waals surface area contributed by atoms with Crippen LogP contribution in [-0.4, -0.2) is 34.6 Å². The third-order valence-corrected chi connectivity index (χ3v) is 4.28. The highest BCUT2D eigenvalue weighted by molar-refractivity contribution is 5.78. The number of β-amino-alcohol motifs (C(OH)–C–C–N with tert-alkyl or cyclic N) is 1. The highest BCUT2D eigenvalue weighted by Crippen LogP contribution is 2.44. The number of aryl methyl sites for hydroxylation is 1. The van der Waals surface area contributed by atoms with Crippen LogP contribution in [0.3, 0.4) is 0 Å². The van der Waals surface area contributed by atoms with Crippen LogP contribution in [0.25, 0.3) is 0 Å². The van der Waals surface area contributed by atoms with Gasteiger partial charge >= 0.3 is 0 Å². The molecule has 0 atom stereocenters. The topological polar surface area (TPSA) is 66.6 Å². The number of carbonyl (C=O) groups is 1. The van der Waals surface area contributed by atoms with Gasteiger partial charge < -0.3 is 15.7 Å². The van der Waals surface area contributed by atoms with Crippen molar-refractivity contribution in [1.82, 2.24) is 4.90 Å². The zero-order chi connectivity index (χ0) is 13.5. The molecule has 102 valence electrons. The van der Waals surface area contributed by atoms with E-state index in [2.05, 4.69) is 0 Å². The highest BCUT2D eigenvalue weighted by atomic mass is 16.3. The minimum atomic E-state index is -0.582. The summed E-state index contributed by atoms with van der Waals surface area (Å²) >= 11 is 0. The lowest BCUT2D eigenvalue weighted by molar-refractivity contribution is -0.159. The largest absolute Gasteiger partial charge is 0.399 e. The van der Waals surface area contributed by atoms with Gasteiger partial charge in [0.25, 0.3) is 0 Å². The van der Waals surface area contributed by atoms with Crippen molar-refractivity contribution in [1.29, 1.82) is 0 Å². The molecule has 1 aromatic rings. The van der Waals surface area contributed by atoms with Crippen LogP contribution in [-0.2, 0) is 11.2 Å². The van der Waals surface area contributed by atoms with Crippen LogP contribution in [0.1, 0.15) is 24.8 Å². The van der Waals surface area contributed by atoms with Crippen molar-refractivity contribution in [2.45, 2.75) is 31.3 Å². The average molecular weight is 260 g/mol. The van der Waals surface area contributed by atoms with Gasteiger partial charge in [-0.1, -0.05) is 18.2 Å². The second kappa shape index (κ2) is 4.53. The lowest BCUT2D eigenvalue weighted by atomic mass is 9.88. The summed E-state index contributed by atoms with van der Waals surface area (Å²) in [6.07, 6.45) is 3.36. The van der Waals surface area contributed by atoms with Gasteiger partial charge in [-0.15, -0.1) is 0 Å². The maximum Gasteiger partial charge on any atom is 0.223 e. The van der Waals surface area contributed by atoms with E-state index >= 15 is 0 Å². The number of benzene rings is 1. The Morgan fingerprint density at radius 3 is 2.68 bits per heavy atom. The van der Waals surface area contributed by atoms with E-state index in [0.29, 0.717) is 31.8 Å². The van der Waals surface area contributed by atoms with Gasteiger partial charge in [-0.2, -0.15) is 0 Å². The Balaban J connectivity index is 1.49. The summed E-state index contributed by atoms with van der Waals surface area (Å²) < 4.78 is 0. The van der Waals surface area contributed by atoms with Gasteiger partial charge in [0, 0.05) is 12.1 Å². The lowest BCUT2D eigenvalue weighted by Gasteiger charge is -2.47. The number of rotatable bonds is 4. The summed E-state index contributed by atoms with van der Waals surface area (Å²) in [5.74, 6) is 0.551. The fourth-order valence-corrected chi connectivity index (χ4v) is 2.83. The van der Waals surface area contributed by atoms with Crippen LogP contribution in [0.5, 0.6) is 0 Å². The minimum Gasteiger partial charge on any atom is -0.399 e. The van der Waals surface area contributed by atoms with E-state index in [9.17, 15) is 9.90 Å². The molecule has 4 heteroatoms. The molecule has 4 nitrogen and oxygen atoms in total. The van der Waals surface area contributed by atoms with Gasteiger partial charge in [0.1, 0.15) is 5.60 Å². The second-order valence-corrected chi connectivity index (χ2v) is 5.83. The molecule has 0 radical (unpaired) electrons. The smallest absolute Gasteiger partial charge is 0.223 e. The Kier molecular flexibility index (Phi) is 2.97. The van der Waals surface area contributed by atoms with Gasteiger partial charge in [-0.3, -0.25) is 4.79 Å². The molecule has 0 unspecified atom stereocenters. The number of likely N-dealkylation sites (tertiary alicyclic amines) is 1. The van der Waals surface area contributed by atoms with Crippen LogP contribution in [0, 0.1) is 5.92 Å². The molecular formula is C15H20N2O2. The first-order chi connectivity index (χ1) is 9.08. The molecule has 1 heterocycles. The van der Waals surface area contributed by atoms with E-state index in [-0.39, 0.29) is 5.91 Å². The number of hydrogen-bond acceptors (Lipinski definition) is 3. The molecule has 3 rings (SSSR count). The molecule has 1 amide bonds. The minimum absolute atomic E-state index is 0.119. The fourth-order valence-electron chi connectivity index (χ4n) is 2.83. The van der Waals surface area contributed by atoms with E-state index in [0.717, 1.165) is 24.1 Å². The van der Waals surface area contributed by atoms with Crippen molar-refractivity contribution in [3.05, 3.63) is 29.8 Å². The van der Waals surface area contributed by atoms with E-state index in [1.165, 1.54) is 0 Å². The molecule has 0 spiro atoms. The number of amides is 1. The van der Waals surface area contributed by atoms with Crippen molar-refractivity contribution in [2.24, 2.45) is 5.92 Å². The molecule has 1 aliphatic heterocycles. The number of aliphatic hydroxyl groups is 1. The third kappa shape index (κ3) is 2.45. The Morgan fingerprint density at radius 1 is 1.37 bits per heavy atom. The van der Waals surface area contributed by atoms with E-state index < -0.39 is 5.60 Å². The molecule has 1 aliphatic carbocycles. The second-order valence-electron chi connectivity index (χ2n) is 5.83. The van der Waals surface area contributed by atoms with Gasteiger partial charge in [0.2, 0.25) is 5.91 Å². The Labute approximate surface area is 113 Å². The van der Waals surface area contributed by atoms with Crippen LogP contribution < -0.4 is 5.73 Å². The summed E-state index contributed by atoms with van der Waals surface area (Å²) in [4.78, 5) is 13.8. The monoisotopic (exact) mass is 260 g/mol. The predicted octanol–water partition coefficient (Wildman–Crippen LogP) is 1.18. The Bertz CT molecular complexity index is 491. The average Bonchev–Trinajstić information content (AvgIpc) is 3.18. The van der Waals surface area contributed by atoms with Crippen LogP contribution in [0.15, 0.2) is 24.3 Å². The number of nitrogens with two attached hydrogens (primary N) is 1. The van der Waals surface area contributed by atoms with Gasteiger partial charge in [-0.25, -0.2) is 0 Å². The number of hydrogen-bond donors (Lipinski definition) is 2. The third-order valence-electron chi connectivity index (χ3n) is 4.28. The molecular weight excluding hydrogens is 240 g/mol. The maximum absolute atomic E-state index is 12.0. The molecule has 19 heavy (non-hydrogen) atoms. The van der Waals surface area contributed by atoms with Crippen molar-refractivity contribution in [3.8, 4) is 0 Å². The first-order valence-electron chi connectivity index (χ1n) is 6.92. The van der Waals surface area contributed by atoms with Gasteiger partial charge in [-0.05, 0) is 36.8 Å². The number of anilines is 1. The van der Waals surface area contributed by atoms with Crippen LogP contribution >= 0.6 is 0 Å². The van der Waals surface area contributed by atoms with Crippen molar-refractivity contribution < 1.29 is 9.90 Å². The van der Waals surface area contributed by atoms with Crippen molar-refractivity contribution in [3.63, 3.8) is 0 Å². The van der Waals surface area contributed by atoms with Crippen LogP contribution in [0.4, 0.5) is 5.69 Å². The summed E-state index contributed by atoms with van der Waals surface area (Å²) in [6.45, 7) is 1.03. The van der Waals surface area contributed by atoms with Crippen molar-refractivity contribution in [2.75, 3.05) is 18.8 Å². The lowest BCUT2D eigenvalue weighted by Crippen LogP contribution is -2.64. The molecule has 1 aromatic carbocycles. The number of nitrogen functional groups attached to an aromatic ring is 1. The first-order valence-corrected chi connectivity index (χ1v) is 6.92. The number of carbonyl (C=O) groups excluding carboxylic acids is 1. The summed E-state index contributed by atoms with van der Waals surface area (Å²) in [5, 5.41) is 10.2. The molecule has 2 aliphatic rings. The number of nitrogens with zero attached hydrogens (tertiary/aromatic N) is 1. The number of para-hydroxylation sites is 1. The van der Waals surface area contributed by atoms with Crippen molar-refractivity contribution >= 4 is 11.6 Å². The highest BCUT2D eigenvalue weighted by Gasteiger charge is 2.52. The van der Waals surface area contributed by atoms with E-state index in [1.807, 2.05) is 24.3 Å². The molecule has 1 saturated carbocycles. The quantitative estimate of drug-likeness (QED) is 0.799. The molecule has 0 aromatic heterocycles. The first kappa shape index (κ1) is 12.5. The predicted molar refractivity (Wildman–Crippen MR) is 73.4 cm³/mol. The summed E-state index contributed by atoms with van der Waals surface area (Å²) in [5.41, 5.74) is 7.04. The van der Waals surface area contributed by atoms with Crippen LogP contribution in [0.2, 0.25) is 0 Å². The van der Waals surface area contributed by atoms with Gasteiger partial charge in [0.15, 0.2) is 0 Å². The normalized spacial score (nSPS) is 21.0. The SMILES string of the molecule is Nc1ccccc1CCC(=O)N1CC(O)(C2CC2)C1. The fraction of sp³-hybridized carbons (Fsp3) is 0.533. The Hall–Kier alpha value is -1.55. The molecule has 0 bridgehead atoms. The zero-order valence-electron chi connectivity index (χ0n) is 11.0. The standard InChI is InChI=1S/C15H20N2O2/c16-13-4-2-1-3-11(13)5-8-14(18)17-9-15(19,10-17)12-6-7-12/h1-4,12,19H,5-10,16H2. The Morgan fingerprint density at radius 2 is 2.05 bits per heavy atom. The van der Waals surface area contributed by atoms with E-state index in [1.54, 1.807) is 4.90 Å². The summed E-state index contributed by atoms with van der Waals surface area (Å²) in [6, 6.07) is 7.64. The van der Waals surface area contributed by atoms with E-state index in [4.69, 9.17) is 5.73 Å². The maximum atomic E-state index is 12.0. The van der Waals surface area contributed by atoms with Gasteiger partial charge in [0.05, 0.1) is 13.1 Å². The molecule has 1 saturated heterocycles. The molecule has 2 fully saturated rings. The molecule has 3 N–H and O–H groups in total.